The second kappa shape index (κ2) is 24.7. The van der Waals surface area contributed by atoms with Gasteiger partial charge in [0.1, 0.15) is 26.4 Å². The van der Waals surface area contributed by atoms with Crippen LogP contribution in [0, 0.1) is 35.8 Å². The summed E-state index contributed by atoms with van der Waals surface area (Å²) in [7, 11) is -7.05. The summed E-state index contributed by atoms with van der Waals surface area (Å²) < 4.78 is 58.6. The number of nitrogen functional groups attached to an aromatic ring is 1. The SMILES string of the molecule is CC1(C)CCc2c(C(=O)O)nn(COCC[Si](C)(C)C)c2C1.[C-]#[N+]c1cccc(C(C2CCS(=O)(=O)CC2)n2cc(N)cn2)c1.[C-]#[N+]c1cccc(C(C2CCS(=O)(=O)CC2)n2cc(NC(=O)c3n[nH]c4c3CCC(C)(C)C4)cn2)c1. The molecule has 0 radical (unpaired) electrons. The zero-order valence-electron chi connectivity index (χ0n) is 47.5. The fourth-order valence-electron chi connectivity index (χ4n) is 11.4. The Labute approximate surface area is 476 Å². The Balaban J connectivity index is 0.000000167. The third kappa shape index (κ3) is 15.6. The monoisotopic (exact) mass is 1160 g/mol. The van der Waals surface area contributed by atoms with Crippen molar-refractivity contribution in [3.63, 3.8) is 0 Å². The fourth-order valence-corrected chi connectivity index (χ4v) is 15.2. The van der Waals surface area contributed by atoms with Crippen molar-refractivity contribution >= 4 is 62.4 Å². The van der Waals surface area contributed by atoms with Gasteiger partial charge in [0.25, 0.3) is 5.91 Å². The van der Waals surface area contributed by atoms with E-state index in [0.29, 0.717) is 60.9 Å². The molecule has 0 spiro atoms. The third-order valence-electron chi connectivity index (χ3n) is 16.0. The number of aromatic amines is 1. The predicted octanol–water partition coefficient (Wildman–Crippen LogP) is 10.2. The van der Waals surface area contributed by atoms with Gasteiger partial charge in [-0.25, -0.2) is 36.0 Å². The molecule has 1 amide bonds. The van der Waals surface area contributed by atoms with Crippen molar-refractivity contribution < 1.29 is 36.3 Å². The zero-order chi connectivity index (χ0) is 58.5. The van der Waals surface area contributed by atoms with Gasteiger partial charge in [0.2, 0.25) is 0 Å². The van der Waals surface area contributed by atoms with Crippen LogP contribution in [0.4, 0.5) is 22.7 Å². The van der Waals surface area contributed by atoms with Crippen molar-refractivity contribution in [1.82, 2.24) is 39.5 Å². The minimum atomic E-state index is -3.02. The van der Waals surface area contributed by atoms with Crippen molar-refractivity contribution in [2.75, 3.05) is 40.7 Å². The van der Waals surface area contributed by atoms with E-state index in [9.17, 15) is 31.5 Å². The number of carboxylic acids is 1. The first-order chi connectivity index (χ1) is 38.2. The van der Waals surface area contributed by atoms with Crippen molar-refractivity contribution in [1.29, 1.82) is 0 Å². The summed E-state index contributed by atoms with van der Waals surface area (Å²) in [4.78, 5) is 31.5. The molecule has 4 aliphatic rings. The number of nitrogens with zero attached hydrogens (tertiary/aromatic N) is 9. The number of aromatic carboxylic acids is 1. The molecule has 2 aliphatic heterocycles. The number of benzene rings is 2. The minimum Gasteiger partial charge on any atom is -0.476 e. The van der Waals surface area contributed by atoms with Gasteiger partial charge >= 0.3 is 5.97 Å². The molecule has 2 fully saturated rings. The predicted molar refractivity (Wildman–Crippen MR) is 315 cm³/mol. The molecule has 2 atom stereocenters. The molecule has 2 aliphatic carbocycles. The highest BCUT2D eigenvalue weighted by Crippen LogP contribution is 2.40. The molecule has 4 aromatic heterocycles. The molecule has 2 aromatic carbocycles. The first-order valence-corrected chi connectivity index (χ1v) is 35.0. The third-order valence-corrected chi connectivity index (χ3v) is 21.1. The Hall–Kier alpha value is -6.92. The van der Waals surface area contributed by atoms with Crippen LogP contribution in [0.25, 0.3) is 9.69 Å². The van der Waals surface area contributed by atoms with Crippen molar-refractivity contribution in [2.24, 2.45) is 22.7 Å². The highest BCUT2D eigenvalue weighted by molar-refractivity contribution is 7.91. The topological polar surface area (TPSA) is 261 Å². The maximum atomic E-state index is 13.1. The Bertz CT molecular complexity index is 3530. The summed E-state index contributed by atoms with van der Waals surface area (Å²) >= 11 is 0. The van der Waals surface area contributed by atoms with E-state index >= 15 is 0 Å². The number of nitrogens with one attached hydrogen (secondary N) is 2. The Morgan fingerprint density at radius 2 is 1.33 bits per heavy atom. The number of ether oxygens (including phenoxy) is 1. The van der Waals surface area contributed by atoms with Gasteiger partial charge in [0.15, 0.2) is 22.8 Å². The molecular formula is C58H76N12O8S2Si. The first kappa shape index (κ1) is 60.2. The van der Waals surface area contributed by atoms with E-state index in [-0.39, 0.29) is 69.4 Å². The Kier molecular flexibility index (Phi) is 18.3. The van der Waals surface area contributed by atoms with E-state index in [1.807, 2.05) is 36.4 Å². The molecule has 0 bridgehead atoms. The fraction of sp³-hybridized carbons (Fsp3) is 0.517. The van der Waals surface area contributed by atoms with Gasteiger partial charge in [0.05, 0.1) is 72.0 Å². The number of anilines is 2. The molecule has 10 rings (SSSR count). The minimum absolute atomic E-state index is 0.0414. The maximum absolute atomic E-state index is 13.1. The van der Waals surface area contributed by atoms with E-state index < -0.39 is 33.7 Å². The lowest BCUT2D eigenvalue weighted by Crippen LogP contribution is -2.30. The summed E-state index contributed by atoms with van der Waals surface area (Å²) in [5.74, 6) is -0.330. The number of carbonyl (C=O) groups excluding carboxylic acids is 1. The van der Waals surface area contributed by atoms with Crippen LogP contribution < -0.4 is 11.1 Å². The molecule has 432 valence electrons. The van der Waals surface area contributed by atoms with Gasteiger partial charge < -0.3 is 20.9 Å². The lowest BCUT2D eigenvalue weighted by Gasteiger charge is -2.31. The second-order valence-electron chi connectivity index (χ2n) is 24.8. The van der Waals surface area contributed by atoms with Crippen LogP contribution in [0.3, 0.4) is 0 Å². The summed E-state index contributed by atoms with van der Waals surface area (Å²) in [6, 6.07) is 15.5. The number of aromatic nitrogens is 8. The number of H-pyrrole nitrogens is 1. The van der Waals surface area contributed by atoms with Crippen molar-refractivity contribution in [3.8, 4) is 0 Å². The van der Waals surface area contributed by atoms with E-state index in [1.165, 1.54) is 0 Å². The average Bonchev–Trinajstić information content (AvgIpc) is 4.39. The molecule has 2 saturated heterocycles. The average molecular weight is 1160 g/mol. The maximum Gasteiger partial charge on any atom is 0.356 e. The highest BCUT2D eigenvalue weighted by atomic mass is 32.2. The molecule has 6 heterocycles. The zero-order valence-corrected chi connectivity index (χ0v) is 50.1. The number of nitrogens with two attached hydrogens (primary N) is 1. The lowest BCUT2D eigenvalue weighted by atomic mass is 9.76. The Morgan fingerprint density at radius 1 is 0.802 bits per heavy atom. The second-order valence-corrected chi connectivity index (χ2v) is 35.1. The number of amides is 1. The lowest BCUT2D eigenvalue weighted by molar-refractivity contribution is 0.0667. The number of rotatable bonds is 14. The largest absolute Gasteiger partial charge is 0.476 e. The quantitative estimate of drug-likeness (QED) is 0.0450. The molecule has 6 aromatic rings. The van der Waals surface area contributed by atoms with Crippen molar-refractivity contribution in [2.45, 2.75) is 136 Å². The van der Waals surface area contributed by atoms with Gasteiger partial charge in [-0.3, -0.25) is 19.3 Å². The number of hydrogen-bond acceptors (Lipinski definition) is 12. The summed E-state index contributed by atoms with van der Waals surface area (Å²) in [5.41, 5.74) is 14.8. The first-order valence-electron chi connectivity index (χ1n) is 27.7. The van der Waals surface area contributed by atoms with Gasteiger partial charge in [-0.2, -0.15) is 20.4 Å². The number of fused-ring (bicyclic) bond motifs is 2. The number of carbonyl (C=O) groups is 2. The highest BCUT2D eigenvalue weighted by Gasteiger charge is 2.36. The van der Waals surface area contributed by atoms with Crippen molar-refractivity contribution in [3.05, 3.63) is 141 Å². The van der Waals surface area contributed by atoms with Gasteiger partial charge in [0, 0.05) is 49.6 Å². The Morgan fingerprint density at radius 3 is 1.85 bits per heavy atom. The van der Waals surface area contributed by atoms with Crippen LogP contribution in [0.2, 0.25) is 25.7 Å². The molecule has 20 nitrogen and oxygen atoms in total. The van der Waals surface area contributed by atoms with Crippen LogP contribution in [-0.4, -0.2) is 111 Å². The van der Waals surface area contributed by atoms with E-state index in [2.05, 4.69) is 87.8 Å². The van der Waals surface area contributed by atoms with Crippen LogP contribution >= 0.6 is 0 Å². The standard InChI is InChI=1S/C26H30N6O3S.C16H18N4O2S.C16H28N2O3Si/c1-26(2)10-7-21-22(14-26)30-31-23(21)25(33)29-20-15-28-32(16-20)24(17-8-11-36(34,35)12-9-17)18-5-4-6-19(13-18)27-3;1-18-15-4-2-3-13(9-15)16(20-11-14(17)10-19-20)12-5-7-23(21,22)8-6-12;1-16(2)7-6-12-13(10-16)18(17-14(12)15(19)20)11-21-8-9-22(3,4)5/h4-6,13,15-17,24H,7-12,14H2,1-2H3,(H,29,33)(H,30,31);2-4,9-12,16H,5-8,17H2;6-11H2,1-5H3,(H,19,20). The van der Waals surface area contributed by atoms with Crippen LogP contribution in [-0.2, 0) is 56.8 Å². The van der Waals surface area contributed by atoms with Gasteiger partial charge in [-0.1, -0.05) is 95.9 Å². The molecule has 23 heteroatoms. The van der Waals surface area contributed by atoms with E-state index in [1.54, 1.807) is 51.0 Å². The summed E-state index contributed by atoms with van der Waals surface area (Å²) in [6.07, 6.45) is 14.3. The van der Waals surface area contributed by atoms with E-state index in [0.717, 1.165) is 84.8 Å². The smallest absolute Gasteiger partial charge is 0.356 e. The number of hydrogen-bond donors (Lipinski definition) is 4. The molecule has 5 N–H and O–H groups in total. The van der Waals surface area contributed by atoms with Gasteiger partial charge in [-0.05, 0) is 104 Å². The van der Waals surface area contributed by atoms with E-state index in [4.69, 9.17) is 23.6 Å². The summed E-state index contributed by atoms with van der Waals surface area (Å²) in [6.45, 7) is 31.5. The molecule has 2 unspecified atom stereocenters. The summed E-state index contributed by atoms with van der Waals surface area (Å²) in [5, 5.41) is 32.8. The van der Waals surface area contributed by atoms with Gasteiger partial charge in [-0.15, -0.1) is 0 Å². The van der Waals surface area contributed by atoms with Crippen LogP contribution in [0.1, 0.15) is 133 Å². The van der Waals surface area contributed by atoms with Crippen LogP contribution in [0.5, 0.6) is 0 Å². The number of sulfone groups is 2. The normalized spacial score (nSPS) is 18.9. The molecule has 81 heavy (non-hydrogen) atoms. The van der Waals surface area contributed by atoms with Crippen LogP contribution in [0.15, 0.2) is 73.3 Å². The molecule has 0 saturated carbocycles. The molecular weight excluding hydrogens is 1080 g/mol. The number of carboxylic acid groups (broad SMARTS) is 1.